The second-order valence-electron chi connectivity index (χ2n) is 5.98. The zero-order valence-electron chi connectivity index (χ0n) is 14.3. The summed E-state index contributed by atoms with van der Waals surface area (Å²) in [5, 5.41) is 9.79. The van der Waals surface area contributed by atoms with Gasteiger partial charge in [-0.15, -0.1) is 0 Å². The summed E-state index contributed by atoms with van der Waals surface area (Å²) >= 11 is 0. The first-order chi connectivity index (χ1) is 11.3. The quantitative estimate of drug-likeness (QED) is 0.395. The van der Waals surface area contributed by atoms with Crippen molar-refractivity contribution in [2.45, 2.75) is 50.3 Å². The molecule has 0 unspecified atom stereocenters. The maximum atomic E-state index is 12.4. The Morgan fingerprint density at radius 1 is 1.25 bits per heavy atom. The van der Waals surface area contributed by atoms with Crippen LogP contribution in [0.3, 0.4) is 0 Å². The van der Waals surface area contributed by atoms with Crippen LogP contribution in [-0.2, 0) is 19.4 Å². The second-order valence-corrected chi connectivity index (χ2v) is 8.09. The number of esters is 1. The van der Waals surface area contributed by atoms with Gasteiger partial charge in [-0.2, -0.15) is 0 Å². The lowest BCUT2D eigenvalue weighted by Crippen LogP contribution is -2.08. The number of sulfone groups is 1. The van der Waals surface area contributed by atoms with E-state index in [0.717, 1.165) is 18.9 Å². The number of benzene rings is 1. The van der Waals surface area contributed by atoms with Crippen molar-refractivity contribution in [2.75, 3.05) is 12.4 Å². The largest absolute Gasteiger partial charge is 0.508 e. The highest BCUT2D eigenvalue weighted by atomic mass is 32.2. The number of carbonyl (C=O) groups is 1. The predicted octanol–water partition coefficient (Wildman–Crippen LogP) is 3.58. The average Bonchev–Trinajstić information content (AvgIpc) is 2.53. The van der Waals surface area contributed by atoms with Gasteiger partial charge in [0.1, 0.15) is 5.75 Å². The Morgan fingerprint density at radius 3 is 2.54 bits per heavy atom. The van der Waals surface area contributed by atoms with Gasteiger partial charge in [0.15, 0.2) is 9.84 Å². The molecule has 1 aromatic carbocycles. The van der Waals surface area contributed by atoms with Gasteiger partial charge in [-0.05, 0) is 42.5 Å². The van der Waals surface area contributed by atoms with E-state index in [-0.39, 0.29) is 22.3 Å². The zero-order chi connectivity index (χ0) is 18.2. The summed E-state index contributed by atoms with van der Waals surface area (Å²) in [6.45, 7) is 7.45. The molecule has 0 bridgehead atoms. The molecule has 0 radical (unpaired) electrons. The van der Waals surface area contributed by atoms with Crippen molar-refractivity contribution in [1.82, 2.24) is 0 Å². The molecule has 0 aliphatic rings. The molecule has 0 aliphatic heterocycles. The molecule has 0 spiro atoms. The van der Waals surface area contributed by atoms with E-state index in [9.17, 15) is 18.3 Å². The molecule has 0 aliphatic carbocycles. The molecule has 134 valence electrons. The maximum absolute atomic E-state index is 12.4. The van der Waals surface area contributed by atoms with Crippen molar-refractivity contribution in [3.63, 3.8) is 0 Å². The topological polar surface area (TPSA) is 80.7 Å². The summed E-state index contributed by atoms with van der Waals surface area (Å²) in [6, 6.07) is 4.45. The molecule has 5 nitrogen and oxygen atoms in total. The number of aromatic hydroxyl groups is 1. The number of carbonyl (C=O) groups excluding carboxylic acids is 1. The summed E-state index contributed by atoms with van der Waals surface area (Å²) in [6.07, 6.45) is 3.92. The first kappa shape index (κ1) is 20.2. The van der Waals surface area contributed by atoms with Crippen molar-refractivity contribution in [1.29, 1.82) is 0 Å². The highest BCUT2D eigenvalue weighted by Gasteiger charge is 2.17. The van der Waals surface area contributed by atoms with Crippen molar-refractivity contribution < 1.29 is 23.1 Å². The molecule has 1 N–H and O–H groups in total. The van der Waals surface area contributed by atoms with Gasteiger partial charge in [-0.1, -0.05) is 33.3 Å². The van der Waals surface area contributed by atoms with Crippen LogP contribution < -0.4 is 0 Å². The highest BCUT2D eigenvalue weighted by Crippen LogP contribution is 2.28. The number of phenolic OH excluding ortho intramolecular Hbond substituents is 1. The second kappa shape index (κ2) is 9.47. The number of ether oxygens (including phenoxy) is 1. The van der Waals surface area contributed by atoms with E-state index in [0.29, 0.717) is 25.0 Å². The summed E-state index contributed by atoms with van der Waals surface area (Å²) in [5.74, 6) is -0.191. The lowest BCUT2D eigenvalue weighted by atomic mass is 10.0. The van der Waals surface area contributed by atoms with Crippen LogP contribution in [-0.4, -0.2) is 31.9 Å². The van der Waals surface area contributed by atoms with Gasteiger partial charge in [0.05, 0.1) is 17.3 Å². The van der Waals surface area contributed by atoms with E-state index in [1.807, 2.05) is 13.8 Å². The molecule has 6 heteroatoms. The van der Waals surface area contributed by atoms with E-state index in [2.05, 4.69) is 6.58 Å². The van der Waals surface area contributed by atoms with Gasteiger partial charge < -0.3 is 9.84 Å². The van der Waals surface area contributed by atoms with Crippen LogP contribution in [0.25, 0.3) is 0 Å². The van der Waals surface area contributed by atoms with Crippen LogP contribution in [0.5, 0.6) is 5.75 Å². The van der Waals surface area contributed by atoms with E-state index in [4.69, 9.17) is 4.74 Å². The number of phenols is 1. The van der Waals surface area contributed by atoms with Crippen LogP contribution in [0, 0.1) is 0 Å². The fourth-order valence-corrected chi connectivity index (χ4v) is 3.69. The SMILES string of the molecule is C=CC(=O)OCCCCCCS(=O)(=O)c1ccc(O)c(C(C)C)c1. The molecular weight excluding hydrogens is 328 g/mol. The van der Waals surface area contributed by atoms with Gasteiger partial charge in [-0.3, -0.25) is 0 Å². The van der Waals surface area contributed by atoms with Gasteiger partial charge in [0.2, 0.25) is 0 Å². The molecule has 1 aromatic rings. The fourth-order valence-electron chi connectivity index (χ4n) is 2.29. The smallest absolute Gasteiger partial charge is 0.330 e. The average molecular weight is 354 g/mol. The van der Waals surface area contributed by atoms with Gasteiger partial charge in [0, 0.05) is 6.08 Å². The molecule has 0 fully saturated rings. The predicted molar refractivity (Wildman–Crippen MR) is 93.9 cm³/mol. The Bertz CT molecular complexity index is 662. The molecule has 0 heterocycles. The first-order valence-electron chi connectivity index (χ1n) is 8.12. The maximum Gasteiger partial charge on any atom is 0.330 e. The molecule has 0 amide bonds. The number of hydrogen-bond donors (Lipinski definition) is 1. The van der Waals surface area contributed by atoms with E-state index in [1.165, 1.54) is 12.1 Å². The minimum Gasteiger partial charge on any atom is -0.508 e. The summed E-state index contributed by atoms with van der Waals surface area (Å²) in [4.78, 5) is 11.1. The molecular formula is C18H26O5S. The Balaban J connectivity index is 2.46. The summed E-state index contributed by atoms with van der Waals surface area (Å²) in [5.41, 5.74) is 0.639. The molecule has 0 aromatic heterocycles. The Kier molecular flexibility index (Phi) is 7.98. The third-order valence-corrected chi connectivity index (χ3v) is 5.50. The number of unbranched alkanes of at least 4 members (excludes halogenated alkanes) is 3. The normalized spacial score (nSPS) is 11.5. The molecule has 24 heavy (non-hydrogen) atoms. The lowest BCUT2D eigenvalue weighted by molar-refractivity contribution is -0.137. The minimum absolute atomic E-state index is 0.0541. The van der Waals surface area contributed by atoms with Crippen molar-refractivity contribution >= 4 is 15.8 Å². The van der Waals surface area contributed by atoms with Crippen LogP contribution >= 0.6 is 0 Å². The lowest BCUT2D eigenvalue weighted by Gasteiger charge is -2.11. The van der Waals surface area contributed by atoms with Crippen LogP contribution in [0.1, 0.15) is 51.0 Å². The standard InChI is InChI=1S/C18H26O5S/c1-4-18(20)23-11-7-5-6-8-12-24(21,22)15-9-10-17(19)16(13-15)14(2)3/h4,9-10,13-14,19H,1,5-8,11-12H2,2-3H3. The first-order valence-corrected chi connectivity index (χ1v) is 9.78. The monoisotopic (exact) mass is 354 g/mol. The summed E-state index contributed by atoms with van der Waals surface area (Å²) < 4.78 is 29.6. The third kappa shape index (κ3) is 6.35. The molecule has 0 saturated heterocycles. The van der Waals surface area contributed by atoms with Crippen molar-refractivity contribution in [2.24, 2.45) is 0 Å². The minimum atomic E-state index is -3.35. The van der Waals surface area contributed by atoms with Crippen LogP contribution in [0.2, 0.25) is 0 Å². The molecule has 0 saturated carbocycles. The van der Waals surface area contributed by atoms with Gasteiger partial charge >= 0.3 is 5.97 Å². The molecule has 0 atom stereocenters. The van der Waals surface area contributed by atoms with E-state index in [1.54, 1.807) is 6.07 Å². The number of rotatable bonds is 10. The Hall–Kier alpha value is -1.82. The Labute approximate surface area is 144 Å². The highest BCUT2D eigenvalue weighted by molar-refractivity contribution is 7.91. The fraction of sp³-hybridized carbons (Fsp3) is 0.500. The van der Waals surface area contributed by atoms with Crippen LogP contribution in [0.15, 0.2) is 35.7 Å². The van der Waals surface area contributed by atoms with E-state index < -0.39 is 15.8 Å². The number of hydrogen-bond acceptors (Lipinski definition) is 5. The van der Waals surface area contributed by atoms with Gasteiger partial charge in [0.25, 0.3) is 0 Å². The van der Waals surface area contributed by atoms with Crippen LogP contribution in [0.4, 0.5) is 0 Å². The Morgan fingerprint density at radius 2 is 1.92 bits per heavy atom. The molecule has 1 rings (SSSR count). The van der Waals surface area contributed by atoms with Crippen molar-refractivity contribution in [3.8, 4) is 5.75 Å². The van der Waals surface area contributed by atoms with E-state index >= 15 is 0 Å². The van der Waals surface area contributed by atoms with Crippen molar-refractivity contribution in [3.05, 3.63) is 36.4 Å². The summed E-state index contributed by atoms with van der Waals surface area (Å²) in [7, 11) is -3.35. The third-order valence-electron chi connectivity index (χ3n) is 3.70. The zero-order valence-corrected chi connectivity index (χ0v) is 15.1. The van der Waals surface area contributed by atoms with Gasteiger partial charge in [-0.25, -0.2) is 13.2 Å².